The fraction of sp³-hybridized carbons (Fsp3) is 0.143. The SMILES string of the molecule is COCc1cccc2sc3ccccc3c12. The van der Waals surface area contributed by atoms with Crippen molar-refractivity contribution in [2.24, 2.45) is 0 Å². The molecular formula is C14H12OS. The lowest BCUT2D eigenvalue weighted by Crippen LogP contribution is -1.87. The topological polar surface area (TPSA) is 9.23 Å². The van der Waals surface area contributed by atoms with E-state index in [0.717, 1.165) is 0 Å². The van der Waals surface area contributed by atoms with Gasteiger partial charge in [0.15, 0.2) is 0 Å². The molecule has 0 fully saturated rings. The van der Waals surface area contributed by atoms with E-state index < -0.39 is 0 Å². The molecular weight excluding hydrogens is 216 g/mol. The van der Waals surface area contributed by atoms with Crippen molar-refractivity contribution in [2.75, 3.05) is 7.11 Å². The highest BCUT2D eigenvalue weighted by Crippen LogP contribution is 2.35. The Morgan fingerprint density at radius 3 is 2.69 bits per heavy atom. The summed E-state index contributed by atoms with van der Waals surface area (Å²) in [6, 6.07) is 15.0. The average Bonchev–Trinajstić information content (AvgIpc) is 2.68. The van der Waals surface area contributed by atoms with Gasteiger partial charge in [0.25, 0.3) is 0 Å². The monoisotopic (exact) mass is 228 g/mol. The third kappa shape index (κ3) is 1.42. The molecule has 2 aromatic carbocycles. The van der Waals surface area contributed by atoms with Crippen molar-refractivity contribution in [3.05, 3.63) is 48.0 Å². The molecule has 0 aliphatic heterocycles. The maximum atomic E-state index is 5.26. The van der Waals surface area contributed by atoms with E-state index in [1.807, 2.05) is 11.3 Å². The Labute approximate surface area is 98.3 Å². The second-order valence-corrected chi connectivity index (χ2v) is 4.91. The Kier molecular flexibility index (Phi) is 2.39. The molecule has 0 amide bonds. The molecule has 0 unspecified atom stereocenters. The summed E-state index contributed by atoms with van der Waals surface area (Å²) in [6.45, 7) is 0.679. The van der Waals surface area contributed by atoms with Crippen LogP contribution in [0.4, 0.5) is 0 Å². The van der Waals surface area contributed by atoms with Crippen LogP contribution in [-0.4, -0.2) is 7.11 Å². The highest BCUT2D eigenvalue weighted by atomic mass is 32.1. The molecule has 1 nitrogen and oxygen atoms in total. The van der Waals surface area contributed by atoms with E-state index in [0.29, 0.717) is 6.61 Å². The fourth-order valence-electron chi connectivity index (χ4n) is 2.12. The first kappa shape index (κ1) is 9.82. The summed E-state index contributed by atoms with van der Waals surface area (Å²) in [4.78, 5) is 0. The smallest absolute Gasteiger partial charge is 0.0719 e. The molecule has 16 heavy (non-hydrogen) atoms. The third-order valence-corrected chi connectivity index (χ3v) is 3.92. The highest BCUT2D eigenvalue weighted by Gasteiger charge is 2.07. The third-order valence-electron chi connectivity index (χ3n) is 2.79. The summed E-state index contributed by atoms with van der Waals surface area (Å²) >= 11 is 1.85. The minimum Gasteiger partial charge on any atom is -0.380 e. The average molecular weight is 228 g/mol. The van der Waals surface area contributed by atoms with Gasteiger partial charge in [-0.2, -0.15) is 0 Å². The van der Waals surface area contributed by atoms with Crippen LogP contribution in [0, 0.1) is 0 Å². The van der Waals surface area contributed by atoms with Gasteiger partial charge < -0.3 is 4.74 Å². The van der Waals surface area contributed by atoms with Gasteiger partial charge in [-0.3, -0.25) is 0 Å². The number of hydrogen-bond acceptors (Lipinski definition) is 2. The van der Waals surface area contributed by atoms with Crippen molar-refractivity contribution < 1.29 is 4.74 Å². The predicted molar refractivity (Wildman–Crippen MR) is 70.0 cm³/mol. The Balaban J connectivity index is 2.43. The van der Waals surface area contributed by atoms with Crippen LogP contribution in [0.5, 0.6) is 0 Å². The van der Waals surface area contributed by atoms with Crippen LogP contribution >= 0.6 is 11.3 Å². The van der Waals surface area contributed by atoms with Crippen LogP contribution in [0.25, 0.3) is 20.2 Å². The molecule has 2 heteroatoms. The molecule has 0 saturated carbocycles. The molecule has 3 aromatic rings. The van der Waals surface area contributed by atoms with Crippen molar-refractivity contribution in [3.8, 4) is 0 Å². The molecule has 3 rings (SSSR count). The van der Waals surface area contributed by atoms with E-state index in [1.54, 1.807) is 7.11 Å². The zero-order valence-corrected chi connectivity index (χ0v) is 9.88. The Morgan fingerprint density at radius 2 is 1.81 bits per heavy atom. The van der Waals surface area contributed by atoms with Crippen molar-refractivity contribution in [3.63, 3.8) is 0 Å². The van der Waals surface area contributed by atoms with Gasteiger partial charge in [-0.25, -0.2) is 0 Å². The van der Waals surface area contributed by atoms with Gasteiger partial charge in [0.2, 0.25) is 0 Å². The molecule has 0 aliphatic carbocycles. The molecule has 0 saturated heterocycles. The molecule has 0 radical (unpaired) electrons. The van der Waals surface area contributed by atoms with Crippen molar-refractivity contribution in [1.29, 1.82) is 0 Å². The zero-order chi connectivity index (χ0) is 11.0. The summed E-state index contributed by atoms with van der Waals surface area (Å²) in [5.74, 6) is 0. The largest absolute Gasteiger partial charge is 0.380 e. The van der Waals surface area contributed by atoms with Crippen LogP contribution < -0.4 is 0 Å². The zero-order valence-electron chi connectivity index (χ0n) is 9.07. The lowest BCUT2D eigenvalue weighted by molar-refractivity contribution is 0.186. The lowest BCUT2D eigenvalue weighted by Gasteiger charge is -2.02. The second kappa shape index (κ2) is 3.89. The first-order valence-electron chi connectivity index (χ1n) is 5.28. The number of hydrogen-bond donors (Lipinski definition) is 0. The molecule has 0 N–H and O–H groups in total. The van der Waals surface area contributed by atoms with Crippen LogP contribution in [0.15, 0.2) is 42.5 Å². The molecule has 0 spiro atoms. The van der Waals surface area contributed by atoms with Crippen LogP contribution in [-0.2, 0) is 11.3 Å². The van der Waals surface area contributed by atoms with E-state index in [4.69, 9.17) is 4.74 Å². The minimum absolute atomic E-state index is 0.679. The summed E-state index contributed by atoms with van der Waals surface area (Å²) in [5, 5.41) is 2.69. The van der Waals surface area contributed by atoms with Gasteiger partial charge in [0.05, 0.1) is 6.61 Å². The molecule has 1 heterocycles. The predicted octanol–water partition coefficient (Wildman–Crippen LogP) is 4.20. The van der Waals surface area contributed by atoms with Crippen LogP contribution in [0.2, 0.25) is 0 Å². The summed E-state index contributed by atoms with van der Waals surface area (Å²) < 4.78 is 7.95. The molecule has 1 aromatic heterocycles. The second-order valence-electron chi connectivity index (χ2n) is 3.82. The Bertz CT molecular complexity index is 639. The first-order chi connectivity index (χ1) is 7.90. The van der Waals surface area contributed by atoms with Crippen LogP contribution in [0.1, 0.15) is 5.56 Å². The number of ether oxygens (including phenoxy) is 1. The first-order valence-corrected chi connectivity index (χ1v) is 6.10. The fourth-order valence-corrected chi connectivity index (χ4v) is 3.28. The summed E-state index contributed by atoms with van der Waals surface area (Å²) in [7, 11) is 1.74. The standard InChI is InChI=1S/C14H12OS/c1-15-9-10-5-4-8-13-14(10)11-6-2-3-7-12(11)16-13/h2-8H,9H2,1H3. The molecule has 0 atom stereocenters. The quantitative estimate of drug-likeness (QED) is 0.638. The Morgan fingerprint density at radius 1 is 1.00 bits per heavy atom. The number of thiophene rings is 1. The van der Waals surface area contributed by atoms with E-state index in [9.17, 15) is 0 Å². The van der Waals surface area contributed by atoms with E-state index >= 15 is 0 Å². The normalized spacial score (nSPS) is 11.3. The molecule has 0 bridgehead atoms. The number of benzene rings is 2. The number of fused-ring (bicyclic) bond motifs is 3. The maximum absolute atomic E-state index is 5.26. The maximum Gasteiger partial charge on any atom is 0.0719 e. The number of methoxy groups -OCH3 is 1. The minimum atomic E-state index is 0.679. The van der Waals surface area contributed by atoms with Gasteiger partial charge in [-0.15, -0.1) is 11.3 Å². The van der Waals surface area contributed by atoms with Crippen LogP contribution in [0.3, 0.4) is 0 Å². The summed E-state index contributed by atoms with van der Waals surface area (Å²) in [5.41, 5.74) is 1.28. The lowest BCUT2D eigenvalue weighted by atomic mass is 10.1. The molecule has 80 valence electrons. The highest BCUT2D eigenvalue weighted by molar-refractivity contribution is 7.25. The van der Waals surface area contributed by atoms with Crippen molar-refractivity contribution in [2.45, 2.75) is 6.61 Å². The van der Waals surface area contributed by atoms with Gasteiger partial charge in [0, 0.05) is 27.3 Å². The van der Waals surface area contributed by atoms with E-state index in [1.165, 1.54) is 25.7 Å². The van der Waals surface area contributed by atoms with Gasteiger partial charge >= 0.3 is 0 Å². The summed E-state index contributed by atoms with van der Waals surface area (Å²) in [6.07, 6.45) is 0. The van der Waals surface area contributed by atoms with Gasteiger partial charge in [0.1, 0.15) is 0 Å². The van der Waals surface area contributed by atoms with Gasteiger partial charge in [-0.1, -0.05) is 30.3 Å². The molecule has 0 aliphatic rings. The Hall–Kier alpha value is -1.38. The van der Waals surface area contributed by atoms with E-state index in [-0.39, 0.29) is 0 Å². The van der Waals surface area contributed by atoms with Crippen molar-refractivity contribution in [1.82, 2.24) is 0 Å². The van der Waals surface area contributed by atoms with Gasteiger partial charge in [-0.05, 0) is 17.7 Å². The number of rotatable bonds is 2. The van der Waals surface area contributed by atoms with E-state index in [2.05, 4.69) is 42.5 Å². The van der Waals surface area contributed by atoms with Crippen molar-refractivity contribution >= 4 is 31.5 Å².